The molecule has 2 rings (SSSR count). The van der Waals surface area contributed by atoms with Crippen molar-refractivity contribution in [1.82, 2.24) is 10.0 Å². The van der Waals surface area contributed by atoms with E-state index in [1.165, 1.54) is 24.7 Å². The second kappa shape index (κ2) is 8.47. The van der Waals surface area contributed by atoms with Crippen molar-refractivity contribution in [3.63, 3.8) is 0 Å². The van der Waals surface area contributed by atoms with Crippen molar-refractivity contribution in [1.29, 1.82) is 0 Å². The van der Waals surface area contributed by atoms with Crippen LogP contribution in [0.1, 0.15) is 48.3 Å². The Morgan fingerprint density at radius 3 is 2.27 bits per heavy atom. The third-order valence-corrected chi connectivity index (χ3v) is 5.56. The van der Waals surface area contributed by atoms with Gasteiger partial charge in [-0.25, -0.2) is 13.1 Å². The fourth-order valence-corrected chi connectivity index (χ4v) is 3.47. The molecule has 0 fully saturated rings. The molecule has 0 spiro atoms. The summed E-state index contributed by atoms with van der Waals surface area (Å²) in [6, 6.07) is 14.0. The van der Waals surface area contributed by atoms with Crippen LogP contribution in [-0.2, 0) is 16.4 Å². The lowest BCUT2D eigenvalue weighted by Crippen LogP contribution is -2.27. The molecule has 1 atom stereocenters. The smallest absolute Gasteiger partial charge is 0.251 e. The second-order valence-electron chi connectivity index (χ2n) is 6.77. The molecule has 0 aromatic heterocycles. The number of rotatable bonds is 7. The maximum absolute atomic E-state index is 12.5. The highest BCUT2D eigenvalue weighted by Crippen LogP contribution is 2.17. The van der Waals surface area contributed by atoms with Crippen LogP contribution in [0.4, 0.5) is 0 Å². The topological polar surface area (TPSA) is 75.3 Å². The predicted octanol–water partition coefficient (Wildman–Crippen LogP) is 3.28. The number of amides is 1. The van der Waals surface area contributed by atoms with Crippen LogP contribution < -0.4 is 10.0 Å². The summed E-state index contributed by atoms with van der Waals surface area (Å²) in [7, 11) is -2.24. The first-order valence-corrected chi connectivity index (χ1v) is 10.1. The Bertz CT molecular complexity index is 859. The first-order valence-electron chi connectivity index (χ1n) is 8.66. The van der Waals surface area contributed by atoms with Gasteiger partial charge >= 0.3 is 0 Å². The summed E-state index contributed by atoms with van der Waals surface area (Å²) in [6.45, 7) is 6.27. The van der Waals surface area contributed by atoms with E-state index in [-0.39, 0.29) is 16.8 Å². The lowest BCUT2D eigenvalue weighted by molar-refractivity contribution is 0.0939. The van der Waals surface area contributed by atoms with Gasteiger partial charge in [0.2, 0.25) is 10.0 Å². The summed E-state index contributed by atoms with van der Waals surface area (Å²) >= 11 is 0. The highest BCUT2D eigenvalue weighted by atomic mass is 32.2. The first-order chi connectivity index (χ1) is 12.2. The van der Waals surface area contributed by atoms with Gasteiger partial charge in [-0.3, -0.25) is 4.79 Å². The van der Waals surface area contributed by atoms with Gasteiger partial charge in [0.25, 0.3) is 5.91 Å². The molecule has 0 aliphatic rings. The van der Waals surface area contributed by atoms with Gasteiger partial charge in [-0.1, -0.05) is 44.2 Å². The number of hydrogen-bond acceptors (Lipinski definition) is 3. The van der Waals surface area contributed by atoms with Crippen LogP contribution in [0.15, 0.2) is 53.4 Å². The molecule has 0 heterocycles. The van der Waals surface area contributed by atoms with E-state index in [1.807, 2.05) is 19.1 Å². The lowest BCUT2D eigenvalue weighted by Gasteiger charge is -2.16. The van der Waals surface area contributed by atoms with Gasteiger partial charge < -0.3 is 5.32 Å². The largest absolute Gasteiger partial charge is 0.346 e. The minimum absolute atomic E-state index is 0.0679. The maximum atomic E-state index is 12.5. The van der Waals surface area contributed by atoms with Crippen molar-refractivity contribution in [3.05, 3.63) is 65.2 Å². The molecule has 0 saturated heterocycles. The summed E-state index contributed by atoms with van der Waals surface area (Å²) in [5.41, 5.74) is 2.58. The Kier molecular flexibility index (Phi) is 6.56. The van der Waals surface area contributed by atoms with Crippen molar-refractivity contribution >= 4 is 15.9 Å². The molecule has 2 aromatic rings. The number of carbonyl (C=O) groups is 1. The third kappa shape index (κ3) is 5.16. The van der Waals surface area contributed by atoms with Crippen LogP contribution in [0.3, 0.4) is 0 Å². The Morgan fingerprint density at radius 1 is 1.04 bits per heavy atom. The fourth-order valence-electron chi connectivity index (χ4n) is 2.70. The lowest BCUT2D eigenvalue weighted by atomic mass is 10.00. The minimum Gasteiger partial charge on any atom is -0.346 e. The van der Waals surface area contributed by atoms with E-state index >= 15 is 0 Å². The molecule has 0 aliphatic heterocycles. The molecule has 2 N–H and O–H groups in total. The van der Waals surface area contributed by atoms with Gasteiger partial charge in [-0.15, -0.1) is 0 Å². The second-order valence-corrected chi connectivity index (χ2v) is 8.66. The molecule has 140 valence electrons. The van der Waals surface area contributed by atoms with E-state index in [0.717, 1.165) is 12.0 Å². The monoisotopic (exact) mass is 374 g/mol. The molecule has 0 radical (unpaired) electrons. The Hall–Kier alpha value is -2.18. The molecule has 0 saturated carbocycles. The van der Waals surface area contributed by atoms with Crippen molar-refractivity contribution < 1.29 is 13.2 Å². The van der Waals surface area contributed by atoms with E-state index < -0.39 is 10.0 Å². The molecule has 0 bridgehead atoms. The molecule has 6 heteroatoms. The van der Waals surface area contributed by atoms with Gasteiger partial charge in [-0.05, 0) is 55.6 Å². The molecule has 2 aromatic carbocycles. The van der Waals surface area contributed by atoms with Crippen molar-refractivity contribution in [2.45, 2.75) is 38.1 Å². The van der Waals surface area contributed by atoms with Crippen LogP contribution >= 0.6 is 0 Å². The van der Waals surface area contributed by atoms with E-state index in [2.05, 4.69) is 36.0 Å². The van der Waals surface area contributed by atoms with Gasteiger partial charge in [0.1, 0.15) is 0 Å². The number of sulfonamides is 1. The first kappa shape index (κ1) is 20.1. The van der Waals surface area contributed by atoms with Gasteiger partial charge in [-0.2, -0.15) is 0 Å². The van der Waals surface area contributed by atoms with E-state index in [4.69, 9.17) is 0 Å². The average molecular weight is 375 g/mol. The third-order valence-electron chi connectivity index (χ3n) is 4.15. The SMILES string of the molecule is CNS(=O)(=O)c1cccc(C(=O)N[C@H](C)c2ccc(CC(C)C)cc2)c1. The van der Waals surface area contributed by atoms with Crippen molar-refractivity contribution in [3.8, 4) is 0 Å². The van der Waals surface area contributed by atoms with Gasteiger partial charge in [0.05, 0.1) is 10.9 Å². The summed E-state index contributed by atoms with van der Waals surface area (Å²) in [4.78, 5) is 12.5. The van der Waals surface area contributed by atoms with E-state index in [9.17, 15) is 13.2 Å². The fraction of sp³-hybridized carbons (Fsp3) is 0.350. The summed E-state index contributed by atoms with van der Waals surface area (Å²) in [6.07, 6.45) is 1.02. The van der Waals surface area contributed by atoms with Gasteiger partial charge in [0.15, 0.2) is 0 Å². The van der Waals surface area contributed by atoms with Gasteiger partial charge in [0, 0.05) is 5.56 Å². The zero-order chi connectivity index (χ0) is 19.3. The minimum atomic E-state index is -3.58. The Balaban J connectivity index is 2.11. The van der Waals surface area contributed by atoms with Crippen molar-refractivity contribution in [2.75, 3.05) is 7.05 Å². The molecule has 5 nitrogen and oxygen atoms in total. The van der Waals surface area contributed by atoms with Crippen molar-refractivity contribution in [2.24, 2.45) is 5.92 Å². The molecule has 1 amide bonds. The average Bonchev–Trinajstić information content (AvgIpc) is 2.61. The summed E-state index contributed by atoms with van der Waals surface area (Å²) < 4.78 is 26.0. The zero-order valence-electron chi connectivity index (χ0n) is 15.6. The van der Waals surface area contributed by atoms with Crippen LogP contribution in [0.25, 0.3) is 0 Å². The quantitative estimate of drug-likeness (QED) is 0.781. The molecule has 26 heavy (non-hydrogen) atoms. The highest BCUT2D eigenvalue weighted by molar-refractivity contribution is 7.89. The zero-order valence-corrected chi connectivity index (χ0v) is 16.4. The normalized spacial score (nSPS) is 12.8. The van der Waals surface area contributed by atoms with Crippen LogP contribution in [-0.4, -0.2) is 21.4 Å². The molecule has 0 unspecified atom stereocenters. The van der Waals surface area contributed by atoms with E-state index in [0.29, 0.717) is 11.5 Å². The maximum Gasteiger partial charge on any atom is 0.251 e. The predicted molar refractivity (Wildman–Crippen MR) is 104 cm³/mol. The van der Waals surface area contributed by atoms with Crippen LogP contribution in [0, 0.1) is 5.92 Å². The summed E-state index contributed by atoms with van der Waals surface area (Å²) in [5.74, 6) is 0.288. The number of carbonyl (C=O) groups excluding carboxylic acids is 1. The number of nitrogens with one attached hydrogen (secondary N) is 2. The molecule has 0 aliphatic carbocycles. The van der Waals surface area contributed by atoms with Crippen LogP contribution in [0.2, 0.25) is 0 Å². The number of benzene rings is 2. The van der Waals surface area contributed by atoms with Crippen LogP contribution in [0.5, 0.6) is 0 Å². The number of hydrogen-bond donors (Lipinski definition) is 2. The Morgan fingerprint density at radius 2 is 1.69 bits per heavy atom. The highest BCUT2D eigenvalue weighted by Gasteiger charge is 2.16. The Labute approximate surface area is 155 Å². The standard InChI is InChI=1S/C20H26N2O3S/c1-14(2)12-16-8-10-17(11-9-16)15(3)22-20(23)18-6-5-7-19(13-18)26(24,25)21-4/h5-11,13-15,21H,12H2,1-4H3,(H,22,23)/t15-/m1/s1. The summed E-state index contributed by atoms with van der Waals surface area (Å²) in [5, 5.41) is 2.92. The molecular weight excluding hydrogens is 348 g/mol. The van der Waals surface area contributed by atoms with E-state index in [1.54, 1.807) is 12.1 Å². The molecular formula is C20H26N2O3S.